The summed E-state index contributed by atoms with van der Waals surface area (Å²) in [6.45, 7) is 7.01. The minimum Gasteiger partial charge on any atom is -0.407 e. The van der Waals surface area contributed by atoms with Crippen LogP contribution >= 0.6 is 0 Å². The van der Waals surface area contributed by atoms with Crippen LogP contribution < -0.4 is 5.73 Å². The van der Waals surface area contributed by atoms with Crippen molar-refractivity contribution in [3.05, 3.63) is 71.1 Å². The second-order valence-electron chi connectivity index (χ2n) is 3.67. The van der Waals surface area contributed by atoms with Gasteiger partial charge in [-0.3, -0.25) is 0 Å². The van der Waals surface area contributed by atoms with Gasteiger partial charge in [0, 0.05) is 5.69 Å². The molecule has 0 aliphatic rings. The first-order chi connectivity index (χ1) is 7.79. The molecule has 2 heteroatoms. The topological polar surface area (TPSA) is 30.4 Å². The van der Waals surface area contributed by atoms with Gasteiger partial charge in [-0.05, 0) is 18.1 Å². The molecule has 0 heterocycles. The maximum Gasteiger partial charge on any atom is 0.209 e. The lowest BCUT2D eigenvalue weighted by molar-refractivity contribution is 1.20. The number of hydrogen-bond acceptors (Lipinski definition) is 1. The van der Waals surface area contributed by atoms with E-state index in [2.05, 4.69) is 17.0 Å². The van der Waals surface area contributed by atoms with E-state index in [4.69, 9.17) is 12.3 Å². The van der Waals surface area contributed by atoms with Gasteiger partial charge in [-0.2, -0.15) is 0 Å². The molecule has 2 nitrogen and oxygen atoms in total. The van der Waals surface area contributed by atoms with Gasteiger partial charge < -0.3 is 5.73 Å². The molecule has 0 bridgehead atoms. The highest BCUT2D eigenvalue weighted by Gasteiger charge is 2.01. The van der Waals surface area contributed by atoms with Gasteiger partial charge in [-0.1, -0.05) is 48.0 Å². The Morgan fingerprint density at radius 1 is 1.00 bits per heavy atom. The molecule has 0 atom stereocenters. The second-order valence-corrected chi connectivity index (χ2v) is 3.67. The van der Waals surface area contributed by atoms with Crippen LogP contribution in [-0.4, -0.2) is 0 Å². The molecule has 0 aliphatic heterocycles. The van der Waals surface area contributed by atoms with Gasteiger partial charge in [0.15, 0.2) is 0 Å². The third-order valence-electron chi connectivity index (χ3n) is 2.47. The fourth-order valence-corrected chi connectivity index (χ4v) is 1.63. The summed E-state index contributed by atoms with van der Waals surface area (Å²) in [6.07, 6.45) is 0.837. The summed E-state index contributed by atoms with van der Waals surface area (Å²) in [5, 5.41) is 0. The van der Waals surface area contributed by atoms with Gasteiger partial charge in [-0.15, -0.1) is 0 Å². The predicted octanol–water partition coefficient (Wildman–Crippen LogP) is 3.41. The van der Waals surface area contributed by atoms with Crippen molar-refractivity contribution in [2.75, 3.05) is 5.73 Å². The predicted molar refractivity (Wildman–Crippen MR) is 66.4 cm³/mol. The highest BCUT2D eigenvalue weighted by molar-refractivity contribution is 5.67. The first-order valence-electron chi connectivity index (χ1n) is 5.09. The van der Waals surface area contributed by atoms with Crippen LogP contribution in [0.15, 0.2) is 48.5 Å². The first-order valence-corrected chi connectivity index (χ1v) is 5.09. The van der Waals surface area contributed by atoms with Crippen molar-refractivity contribution in [1.29, 1.82) is 0 Å². The van der Waals surface area contributed by atoms with Gasteiger partial charge in [-0.25, -0.2) is 4.85 Å². The molecule has 0 saturated heterocycles. The zero-order valence-corrected chi connectivity index (χ0v) is 8.85. The maximum atomic E-state index is 7.01. The number of nitrogens with zero attached hydrogens (tertiary/aromatic N) is 1. The van der Waals surface area contributed by atoms with E-state index >= 15 is 0 Å². The largest absolute Gasteiger partial charge is 0.407 e. The van der Waals surface area contributed by atoms with Gasteiger partial charge in [0.1, 0.15) is 0 Å². The SMILES string of the molecule is [C-]#[N+]c1cc(Cc2ccccc2)ccc1N. The summed E-state index contributed by atoms with van der Waals surface area (Å²) in [5.41, 5.74) is 9.12. The molecule has 78 valence electrons. The van der Waals surface area contributed by atoms with Crippen LogP contribution in [0.2, 0.25) is 0 Å². The van der Waals surface area contributed by atoms with Gasteiger partial charge in [0.2, 0.25) is 5.69 Å². The molecule has 0 saturated carbocycles. The molecule has 2 rings (SSSR count). The fraction of sp³-hybridized carbons (Fsp3) is 0.0714. The molecule has 0 radical (unpaired) electrons. The second kappa shape index (κ2) is 4.50. The molecule has 0 aliphatic carbocycles. The van der Waals surface area contributed by atoms with Crippen molar-refractivity contribution in [3.8, 4) is 0 Å². The molecule has 0 fully saturated rings. The Labute approximate surface area is 95.2 Å². The van der Waals surface area contributed by atoms with Crippen molar-refractivity contribution in [2.45, 2.75) is 6.42 Å². The Kier molecular flexibility index (Phi) is 2.88. The molecule has 0 unspecified atom stereocenters. The van der Waals surface area contributed by atoms with E-state index in [-0.39, 0.29) is 0 Å². The Hall–Kier alpha value is -2.27. The van der Waals surface area contributed by atoms with E-state index in [0.29, 0.717) is 11.4 Å². The molecular weight excluding hydrogens is 196 g/mol. The number of hydrogen-bond donors (Lipinski definition) is 1. The van der Waals surface area contributed by atoms with Crippen LogP contribution in [0.3, 0.4) is 0 Å². The molecule has 0 aromatic heterocycles. The summed E-state index contributed by atoms with van der Waals surface area (Å²) in [4.78, 5) is 3.40. The highest BCUT2D eigenvalue weighted by Crippen LogP contribution is 2.24. The van der Waals surface area contributed by atoms with Crippen molar-refractivity contribution < 1.29 is 0 Å². The molecule has 2 N–H and O–H groups in total. The molecular formula is C14H12N2. The van der Waals surface area contributed by atoms with Crippen LogP contribution in [-0.2, 0) is 6.42 Å². The molecule has 0 spiro atoms. The normalized spacial score (nSPS) is 9.69. The Morgan fingerprint density at radius 3 is 2.44 bits per heavy atom. The van der Waals surface area contributed by atoms with E-state index in [9.17, 15) is 0 Å². The summed E-state index contributed by atoms with van der Waals surface area (Å²) in [6, 6.07) is 15.8. The van der Waals surface area contributed by atoms with E-state index < -0.39 is 0 Å². The summed E-state index contributed by atoms with van der Waals surface area (Å²) in [5.74, 6) is 0. The van der Waals surface area contributed by atoms with Crippen LogP contribution in [0, 0.1) is 6.57 Å². The Morgan fingerprint density at radius 2 is 1.75 bits per heavy atom. The third kappa shape index (κ3) is 2.21. The van der Waals surface area contributed by atoms with E-state index in [0.717, 1.165) is 12.0 Å². The highest BCUT2D eigenvalue weighted by atomic mass is 14.7. The first kappa shape index (κ1) is 10.3. The standard InChI is InChI=1S/C14H12N2/c1-16-14-10-12(7-8-13(14)15)9-11-5-3-2-4-6-11/h2-8,10H,9,15H2. The fourth-order valence-electron chi connectivity index (χ4n) is 1.63. The van der Waals surface area contributed by atoms with Crippen LogP contribution in [0.1, 0.15) is 11.1 Å². The Bertz CT molecular complexity index is 524. The smallest absolute Gasteiger partial charge is 0.209 e. The Balaban J connectivity index is 2.27. The summed E-state index contributed by atoms with van der Waals surface area (Å²) < 4.78 is 0. The molecule has 2 aromatic rings. The number of anilines is 1. The summed E-state index contributed by atoms with van der Waals surface area (Å²) >= 11 is 0. The quantitative estimate of drug-likeness (QED) is 0.595. The van der Waals surface area contributed by atoms with E-state index in [1.165, 1.54) is 5.56 Å². The third-order valence-corrected chi connectivity index (χ3v) is 2.47. The van der Waals surface area contributed by atoms with Gasteiger partial charge in [0.25, 0.3) is 0 Å². The minimum absolute atomic E-state index is 0.536. The summed E-state index contributed by atoms with van der Waals surface area (Å²) in [7, 11) is 0. The van der Waals surface area contributed by atoms with E-state index in [1.54, 1.807) is 6.07 Å². The van der Waals surface area contributed by atoms with Crippen molar-refractivity contribution in [1.82, 2.24) is 0 Å². The molecule has 16 heavy (non-hydrogen) atoms. The molecule has 0 amide bonds. The average molecular weight is 208 g/mol. The van der Waals surface area contributed by atoms with Crippen molar-refractivity contribution >= 4 is 11.4 Å². The van der Waals surface area contributed by atoms with Crippen molar-refractivity contribution in [3.63, 3.8) is 0 Å². The lowest BCUT2D eigenvalue weighted by Crippen LogP contribution is -1.90. The van der Waals surface area contributed by atoms with Gasteiger partial charge in [0.05, 0.1) is 6.57 Å². The zero-order valence-electron chi connectivity index (χ0n) is 8.85. The average Bonchev–Trinajstić information content (AvgIpc) is 2.33. The molecule has 2 aromatic carbocycles. The van der Waals surface area contributed by atoms with E-state index in [1.807, 2.05) is 30.3 Å². The minimum atomic E-state index is 0.536. The lowest BCUT2D eigenvalue weighted by atomic mass is 10.0. The number of rotatable bonds is 2. The number of benzene rings is 2. The number of nitrogens with two attached hydrogens (primary N) is 1. The zero-order chi connectivity index (χ0) is 11.4. The maximum absolute atomic E-state index is 7.01. The van der Waals surface area contributed by atoms with Crippen LogP contribution in [0.4, 0.5) is 11.4 Å². The van der Waals surface area contributed by atoms with Crippen molar-refractivity contribution in [2.24, 2.45) is 0 Å². The lowest BCUT2D eigenvalue weighted by Gasteiger charge is -2.04. The monoisotopic (exact) mass is 208 g/mol. The van der Waals surface area contributed by atoms with Crippen LogP contribution in [0.25, 0.3) is 4.85 Å². The van der Waals surface area contributed by atoms with Crippen LogP contribution in [0.5, 0.6) is 0 Å². The number of nitrogen functional groups attached to an aromatic ring is 1. The van der Waals surface area contributed by atoms with Gasteiger partial charge >= 0.3 is 0 Å².